The molecule has 0 amide bonds. The Bertz CT molecular complexity index is 477. The van der Waals surface area contributed by atoms with Crippen molar-refractivity contribution in [1.82, 2.24) is 9.59 Å². The average molecular weight is 284 g/mol. The summed E-state index contributed by atoms with van der Waals surface area (Å²) in [7, 11) is 0. The second-order valence-corrected chi connectivity index (χ2v) is 5.18. The lowest BCUT2D eigenvalue weighted by Gasteiger charge is -2.23. The van der Waals surface area contributed by atoms with Crippen LogP contribution in [0.1, 0.15) is 12.1 Å². The van der Waals surface area contributed by atoms with Gasteiger partial charge in [0.05, 0.1) is 6.54 Å². The lowest BCUT2D eigenvalue weighted by molar-refractivity contribution is 0.289. The summed E-state index contributed by atoms with van der Waals surface area (Å²) < 4.78 is 4.46. The molecular weight excluding hydrogens is 270 g/mol. The third-order valence-electron chi connectivity index (χ3n) is 2.56. The molecule has 0 radical (unpaired) electrons. The molecule has 2 rings (SSSR count). The molecular formula is C12H14ClN3OS. The lowest BCUT2D eigenvalue weighted by atomic mass is 10.2. The topological polar surface area (TPSA) is 49.2 Å². The quantitative estimate of drug-likeness (QED) is 0.885. The van der Waals surface area contributed by atoms with Gasteiger partial charge in [-0.05, 0) is 18.6 Å². The second kappa shape index (κ2) is 6.68. The number of anilines is 1. The molecule has 2 aromatic rings. The van der Waals surface area contributed by atoms with Crippen LogP contribution in [0.4, 0.5) is 5.69 Å². The Kier molecular flexibility index (Phi) is 4.92. The molecule has 1 aromatic carbocycles. The van der Waals surface area contributed by atoms with Crippen LogP contribution in [0.3, 0.4) is 0 Å². The van der Waals surface area contributed by atoms with E-state index in [4.69, 9.17) is 16.7 Å². The van der Waals surface area contributed by atoms with Crippen LogP contribution in [-0.4, -0.2) is 27.8 Å². The van der Waals surface area contributed by atoms with Crippen LogP contribution in [0.25, 0.3) is 0 Å². The lowest BCUT2D eigenvalue weighted by Crippen LogP contribution is -2.24. The van der Waals surface area contributed by atoms with Crippen LogP contribution in [0, 0.1) is 0 Å². The number of aromatic nitrogens is 2. The van der Waals surface area contributed by atoms with Gasteiger partial charge in [0.2, 0.25) is 0 Å². The maximum Gasteiger partial charge on any atom is 0.139 e. The fourth-order valence-corrected chi connectivity index (χ4v) is 2.28. The van der Waals surface area contributed by atoms with Crippen molar-refractivity contribution in [3.63, 3.8) is 0 Å². The van der Waals surface area contributed by atoms with Gasteiger partial charge in [-0.2, -0.15) is 0 Å². The van der Waals surface area contributed by atoms with Crippen molar-refractivity contribution in [1.29, 1.82) is 0 Å². The number of hydrogen-bond acceptors (Lipinski definition) is 5. The van der Waals surface area contributed by atoms with Crippen LogP contribution in [0.5, 0.6) is 0 Å². The van der Waals surface area contributed by atoms with Gasteiger partial charge in [0.1, 0.15) is 10.0 Å². The van der Waals surface area contributed by atoms with E-state index < -0.39 is 0 Å². The molecule has 0 saturated heterocycles. The minimum absolute atomic E-state index is 0.173. The molecule has 0 aliphatic heterocycles. The molecule has 0 unspecified atom stereocenters. The van der Waals surface area contributed by atoms with Crippen molar-refractivity contribution in [3.05, 3.63) is 40.4 Å². The maximum absolute atomic E-state index is 8.96. The molecule has 1 aromatic heterocycles. The average Bonchev–Trinajstić information content (AvgIpc) is 2.81. The number of rotatable bonds is 6. The van der Waals surface area contributed by atoms with E-state index in [1.54, 1.807) is 0 Å². The second-order valence-electron chi connectivity index (χ2n) is 3.83. The van der Waals surface area contributed by atoms with E-state index >= 15 is 0 Å². The SMILES string of the molecule is OCCCN(Cc1nnsc1Cl)c1ccccc1. The van der Waals surface area contributed by atoms with E-state index in [9.17, 15) is 0 Å². The molecule has 6 heteroatoms. The Morgan fingerprint density at radius 1 is 1.28 bits per heavy atom. The number of aliphatic hydroxyl groups excluding tert-OH is 1. The predicted octanol–water partition coefficient (Wildman–Crippen LogP) is 2.58. The molecule has 96 valence electrons. The van der Waals surface area contributed by atoms with Gasteiger partial charge in [0, 0.05) is 30.4 Å². The molecule has 1 N–H and O–H groups in total. The standard InChI is InChI=1S/C12H14ClN3OS/c13-12-11(14-15-18-12)9-16(7-4-8-17)10-5-2-1-3-6-10/h1-3,5-6,17H,4,7-9H2. The highest BCUT2D eigenvalue weighted by molar-refractivity contribution is 7.10. The summed E-state index contributed by atoms with van der Waals surface area (Å²) in [4.78, 5) is 2.14. The van der Waals surface area contributed by atoms with E-state index in [2.05, 4.69) is 14.5 Å². The predicted molar refractivity (Wildman–Crippen MR) is 74.1 cm³/mol. The molecule has 0 fully saturated rings. The van der Waals surface area contributed by atoms with Gasteiger partial charge in [-0.1, -0.05) is 34.3 Å². The number of nitrogens with zero attached hydrogens (tertiary/aromatic N) is 3. The van der Waals surface area contributed by atoms with Crippen molar-refractivity contribution in [2.75, 3.05) is 18.1 Å². The smallest absolute Gasteiger partial charge is 0.139 e. The zero-order valence-electron chi connectivity index (χ0n) is 9.79. The number of benzene rings is 1. The molecule has 1 heterocycles. The minimum atomic E-state index is 0.173. The highest BCUT2D eigenvalue weighted by Gasteiger charge is 2.12. The molecule has 0 saturated carbocycles. The monoisotopic (exact) mass is 283 g/mol. The summed E-state index contributed by atoms with van der Waals surface area (Å²) in [6.07, 6.45) is 0.712. The fraction of sp³-hybridized carbons (Fsp3) is 0.333. The van der Waals surface area contributed by atoms with Crippen molar-refractivity contribution in [3.8, 4) is 0 Å². The first-order valence-corrected chi connectivity index (χ1v) is 6.84. The van der Waals surface area contributed by atoms with Crippen LogP contribution in [0.2, 0.25) is 4.34 Å². The Morgan fingerprint density at radius 2 is 2.06 bits per heavy atom. The minimum Gasteiger partial charge on any atom is -0.396 e. The molecule has 0 aliphatic rings. The van der Waals surface area contributed by atoms with Crippen LogP contribution >= 0.6 is 23.1 Å². The molecule has 0 bridgehead atoms. The summed E-state index contributed by atoms with van der Waals surface area (Å²) >= 11 is 7.22. The number of para-hydroxylation sites is 1. The van der Waals surface area contributed by atoms with Gasteiger partial charge in [-0.3, -0.25) is 0 Å². The van der Waals surface area contributed by atoms with Crippen molar-refractivity contribution in [2.24, 2.45) is 0 Å². The zero-order chi connectivity index (χ0) is 12.8. The normalized spacial score (nSPS) is 10.6. The van der Waals surface area contributed by atoms with E-state index in [1.165, 1.54) is 11.5 Å². The fourth-order valence-electron chi connectivity index (χ4n) is 1.67. The number of hydrogen-bond donors (Lipinski definition) is 1. The van der Waals surface area contributed by atoms with E-state index in [0.717, 1.165) is 17.9 Å². The van der Waals surface area contributed by atoms with Crippen LogP contribution in [0.15, 0.2) is 30.3 Å². The highest BCUT2D eigenvalue weighted by Crippen LogP contribution is 2.22. The molecule has 0 atom stereocenters. The summed E-state index contributed by atoms with van der Waals surface area (Å²) in [5, 5.41) is 13.0. The van der Waals surface area contributed by atoms with Gasteiger partial charge < -0.3 is 10.0 Å². The van der Waals surface area contributed by atoms with Crippen molar-refractivity contribution < 1.29 is 5.11 Å². The Balaban J connectivity index is 2.13. The largest absolute Gasteiger partial charge is 0.396 e. The molecule has 0 aliphatic carbocycles. The van der Waals surface area contributed by atoms with E-state index in [1.807, 2.05) is 30.3 Å². The van der Waals surface area contributed by atoms with Gasteiger partial charge in [0.25, 0.3) is 0 Å². The molecule has 4 nitrogen and oxygen atoms in total. The zero-order valence-corrected chi connectivity index (χ0v) is 11.4. The number of halogens is 1. The molecule has 18 heavy (non-hydrogen) atoms. The Hall–Kier alpha value is -1.17. The Labute approximate surface area is 115 Å². The maximum atomic E-state index is 8.96. The third kappa shape index (κ3) is 3.41. The number of aliphatic hydroxyl groups is 1. The summed E-state index contributed by atoms with van der Waals surface area (Å²) in [5.74, 6) is 0. The third-order valence-corrected chi connectivity index (χ3v) is 3.54. The molecule has 0 spiro atoms. The summed E-state index contributed by atoms with van der Waals surface area (Å²) in [6.45, 7) is 1.54. The van der Waals surface area contributed by atoms with Gasteiger partial charge in [0.15, 0.2) is 0 Å². The van der Waals surface area contributed by atoms with Gasteiger partial charge in [-0.15, -0.1) is 5.10 Å². The first kappa shape index (κ1) is 13.3. The van der Waals surface area contributed by atoms with Gasteiger partial charge in [-0.25, -0.2) is 0 Å². The van der Waals surface area contributed by atoms with E-state index in [-0.39, 0.29) is 6.61 Å². The van der Waals surface area contributed by atoms with Crippen molar-refractivity contribution >= 4 is 28.8 Å². The first-order valence-electron chi connectivity index (χ1n) is 5.69. The van der Waals surface area contributed by atoms with Crippen molar-refractivity contribution in [2.45, 2.75) is 13.0 Å². The highest BCUT2D eigenvalue weighted by atomic mass is 35.5. The van der Waals surface area contributed by atoms with Crippen LogP contribution < -0.4 is 4.90 Å². The van der Waals surface area contributed by atoms with Crippen LogP contribution in [-0.2, 0) is 6.54 Å². The Morgan fingerprint density at radius 3 is 2.67 bits per heavy atom. The first-order chi connectivity index (χ1) is 8.81. The summed E-state index contributed by atoms with van der Waals surface area (Å²) in [6, 6.07) is 10.0. The van der Waals surface area contributed by atoms with E-state index in [0.29, 0.717) is 17.3 Å². The van der Waals surface area contributed by atoms with Gasteiger partial charge >= 0.3 is 0 Å². The summed E-state index contributed by atoms with van der Waals surface area (Å²) in [5.41, 5.74) is 1.87.